The standard InChI is InChI=1S/C15H16Cl2N2O/c1-10(11-4-3-7-18-8-11)19-9-14(20)15-12(16)5-2-6-13(15)17/h2-8,10,14,19-20H,9H2,1H3. The first-order chi connectivity index (χ1) is 9.59. The van der Waals surface area contributed by atoms with Crippen LogP contribution in [0.4, 0.5) is 0 Å². The zero-order valence-corrected chi connectivity index (χ0v) is 12.6. The third-order valence-electron chi connectivity index (χ3n) is 3.13. The fraction of sp³-hybridized carbons (Fsp3) is 0.267. The Morgan fingerprint density at radius 1 is 1.20 bits per heavy atom. The minimum Gasteiger partial charge on any atom is -0.387 e. The number of nitrogens with zero attached hydrogens (tertiary/aromatic N) is 1. The molecule has 5 heteroatoms. The van der Waals surface area contributed by atoms with Crippen LogP contribution in [0.1, 0.15) is 30.2 Å². The number of nitrogens with one attached hydrogen (secondary N) is 1. The first-order valence-corrected chi connectivity index (χ1v) is 7.10. The van der Waals surface area contributed by atoms with E-state index in [9.17, 15) is 5.11 Å². The third-order valence-corrected chi connectivity index (χ3v) is 3.79. The molecule has 0 fully saturated rings. The Labute approximate surface area is 128 Å². The Morgan fingerprint density at radius 3 is 2.50 bits per heavy atom. The number of halogens is 2. The molecule has 0 aliphatic rings. The molecule has 0 spiro atoms. The second kappa shape index (κ2) is 7.04. The smallest absolute Gasteiger partial charge is 0.0943 e. The monoisotopic (exact) mass is 310 g/mol. The van der Waals surface area contributed by atoms with Gasteiger partial charge in [-0.25, -0.2) is 0 Å². The molecule has 20 heavy (non-hydrogen) atoms. The van der Waals surface area contributed by atoms with Crippen LogP contribution in [0.2, 0.25) is 10.0 Å². The lowest BCUT2D eigenvalue weighted by Crippen LogP contribution is -2.25. The molecule has 0 amide bonds. The lowest BCUT2D eigenvalue weighted by Gasteiger charge is -2.19. The van der Waals surface area contributed by atoms with Crippen LogP contribution in [0.5, 0.6) is 0 Å². The molecule has 106 valence electrons. The molecule has 2 rings (SSSR count). The van der Waals surface area contributed by atoms with Gasteiger partial charge in [-0.2, -0.15) is 0 Å². The summed E-state index contributed by atoms with van der Waals surface area (Å²) in [5.41, 5.74) is 1.62. The van der Waals surface area contributed by atoms with Gasteiger partial charge in [-0.1, -0.05) is 35.3 Å². The Bertz CT molecular complexity index is 543. The topological polar surface area (TPSA) is 45.1 Å². The first kappa shape index (κ1) is 15.3. The minimum absolute atomic E-state index is 0.0830. The van der Waals surface area contributed by atoms with Crippen molar-refractivity contribution in [2.24, 2.45) is 0 Å². The lowest BCUT2D eigenvalue weighted by molar-refractivity contribution is 0.171. The average molecular weight is 311 g/mol. The molecule has 0 aliphatic heterocycles. The molecule has 0 radical (unpaired) electrons. The van der Waals surface area contributed by atoms with E-state index >= 15 is 0 Å². The summed E-state index contributed by atoms with van der Waals surface area (Å²) in [5, 5.41) is 14.4. The molecule has 0 aliphatic carbocycles. The number of aliphatic hydroxyl groups excluding tert-OH is 1. The molecule has 0 saturated heterocycles. The second-order valence-corrected chi connectivity index (χ2v) is 5.38. The van der Waals surface area contributed by atoms with Crippen LogP contribution >= 0.6 is 23.2 Å². The normalized spacial score (nSPS) is 14.0. The molecule has 0 saturated carbocycles. The van der Waals surface area contributed by atoms with Gasteiger partial charge in [-0.3, -0.25) is 4.98 Å². The van der Waals surface area contributed by atoms with Crippen molar-refractivity contribution in [3.05, 3.63) is 63.9 Å². The predicted molar refractivity (Wildman–Crippen MR) is 82.1 cm³/mol. The van der Waals surface area contributed by atoms with Gasteiger partial charge < -0.3 is 10.4 Å². The summed E-state index contributed by atoms with van der Waals surface area (Å²) in [6, 6.07) is 9.15. The van der Waals surface area contributed by atoms with Crippen LogP contribution in [-0.2, 0) is 0 Å². The summed E-state index contributed by atoms with van der Waals surface area (Å²) in [7, 11) is 0. The van der Waals surface area contributed by atoms with Crippen molar-refractivity contribution in [3.8, 4) is 0 Å². The van der Waals surface area contributed by atoms with E-state index in [1.165, 1.54) is 0 Å². The average Bonchev–Trinajstić information content (AvgIpc) is 2.45. The minimum atomic E-state index is -0.754. The van der Waals surface area contributed by atoms with E-state index < -0.39 is 6.10 Å². The van der Waals surface area contributed by atoms with Crippen LogP contribution in [0, 0.1) is 0 Å². The van der Waals surface area contributed by atoms with E-state index in [4.69, 9.17) is 23.2 Å². The number of benzene rings is 1. The van der Waals surface area contributed by atoms with Crippen molar-refractivity contribution >= 4 is 23.2 Å². The van der Waals surface area contributed by atoms with Gasteiger partial charge in [0.25, 0.3) is 0 Å². The van der Waals surface area contributed by atoms with Crippen molar-refractivity contribution in [1.82, 2.24) is 10.3 Å². The van der Waals surface area contributed by atoms with Gasteiger partial charge in [-0.05, 0) is 30.7 Å². The first-order valence-electron chi connectivity index (χ1n) is 6.35. The highest BCUT2D eigenvalue weighted by Gasteiger charge is 2.16. The Kier molecular flexibility index (Phi) is 5.38. The van der Waals surface area contributed by atoms with E-state index in [1.807, 2.05) is 19.1 Å². The van der Waals surface area contributed by atoms with Crippen molar-refractivity contribution in [2.75, 3.05) is 6.54 Å². The van der Waals surface area contributed by atoms with Crippen molar-refractivity contribution in [3.63, 3.8) is 0 Å². The van der Waals surface area contributed by atoms with Crippen molar-refractivity contribution in [1.29, 1.82) is 0 Å². The zero-order chi connectivity index (χ0) is 14.5. The van der Waals surface area contributed by atoms with Gasteiger partial charge in [0.2, 0.25) is 0 Å². The van der Waals surface area contributed by atoms with Crippen LogP contribution in [0.25, 0.3) is 0 Å². The van der Waals surface area contributed by atoms with Crippen LogP contribution in [-0.4, -0.2) is 16.6 Å². The quantitative estimate of drug-likeness (QED) is 0.883. The zero-order valence-electron chi connectivity index (χ0n) is 11.1. The SMILES string of the molecule is CC(NCC(O)c1c(Cl)cccc1Cl)c1cccnc1. The van der Waals surface area contributed by atoms with Gasteiger partial charge in [-0.15, -0.1) is 0 Å². The number of hydrogen-bond donors (Lipinski definition) is 2. The van der Waals surface area contributed by atoms with Crippen LogP contribution in [0.3, 0.4) is 0 Å². The van der Waals surface area contributed by atoms with E-state index in [2.05, 4.69) is 10.3 Å². The summed E-state index contributed by atoms with van der Waals surface area (Å²) in [5.74, 6) is 0. The highest BCUT2D eigenvalue weighted by atomic mass is 35.5. The summed E-state index contributed by atoms with van der Waals surface area (Å²) in [6.07, 6.45) is 2.77. The lowest BCUT2D eigenvalue weighted by atomic mass is 10.1. The summed E-state index contributed by atoms with van der Waals surface area (Å²) in [6.45, 7) is 2.37. The fourth-order valence-electron chi connectivity index (χ4n) is 1.97. The van der Waals surface area contributed by atoms with Gasteiger partial charge in [0.05, 0.1) is 6.10 Å². The third kappa shape index (κ3) is 3.70. The molecule has 3 nitrogen and oxygen atoms in total. The van der Waals surface area contributed by atoms with Crippen LogP contribution in [0.15, 0.2) is 42.7 Å². The van der Waals surface area contributed by atoms with E-state index in [0.717, 1.165) is 5.56 Å². The maximum absolute atomic E-state index is 10.2. The summed E-state index contributed by atoms with van der Waals surface area (Å²) in [4.78, 5) is 4.07. The maximum atomic E-state index is 10.2. The van der Waals surface area contributed by atoms with E-state index in [-0.39, 0.29) is 6.04 Å². The van der Waals surface area contributed by atoms with Gasteiger partial charge in [0, 0.05) is 40.6 Å². The fourth-order valence-corrected chi connectivity index (χ4v) is 2.62. The Hall–Kier alpha value is -1.13. The van der Waals surface area contributed by atoms with Crippen LogP contribution < -0.4 is 5.32 Å². The largest absolute Gasteiger partial charge is 0.387 e. The molecule has 2 unspecified atom stereocenters. The van der Waals surface area contributed by atoms with E-state index in [0.29, 0.717) is 22.2 Å². The second-order valence-electron chi connectivity index (χ2n) is 4.57. The van der Waals surface area contributed by atoms with Crippen molar-refractivity contribution < 1.29 is 5.11 Å². The van der Waals surface area contributed by atoms with Gasteiger partial charge >= 0.3 is 0 Å². The highest BCUT2D eigenvalue weighted by molar-refractivity contribution is 6.36. The molecule has 2 aromatic rings. The number of aliphatic hydroxyl groups is 1. The Morgan fingerprint density at radius 2 is 1.90 bits per heavy atom. The van der Waals surface area contributed by atoms with Gasteiger partial charge in [0.15, 0.2) is 0 Å². The van der Waals surface area contributed by atoms with Gasteiger partial charge in [0.1, 0.15) is 0 Å². The maximum Gasteiger partial charge on any atom is 0.0943 e. The number of aromatic nitrogens is 1. The predicted octanol–water partition coefficient (Wildman–Crippen LogP) is 3.77. The number of hydrogen-bond acceptors (Lipinski definition) is 3. The molecule has 0 bridgehead atoms. The molecule has 1 aromatic heterocycles. The van der Waals surface area contributed by atoms with Crippen molar-refractivity contribution in [2.45, 2.75) is 19.1 Å². The number of pyridine rings is 1. The molecule has 2 N–H and O–H groups in total. The van der Waals surface area contributed by atoms with E-state index in [1.54, 1.807) is 30.6 Å². The molecule has 1 aromatic carbocycles. The molecule has 2 atom stereocenters. The summed E-state index contributed by atoms with van der Waals surface area (Å²) >= 11 is 12.1. The number of rotatable bonds is 5. The summed E-state index contributed by atoms with van der Waals surface area (Å²) < 4.78 is 0. The molecular formula is C15H16Cl2N2O. The molecule has 1 heterocycles. The highest BCUT2D eigenvalue weighted by Crippen LogP contribution is 2.30. The molecular weight excluding hydrogens is 295 g/mol. The Balaban J connectivity index is 2.00.